The highest BCUT2D eigenvalue weighted by Crippen LogP contribution is 2.45. The maximum absolute atomic E-state index is 13.1. The summed E-state index contributed by atoms with van der Waals surface area (Å²) in [6.45, 7) is 9.28. The van der Waals surface area contributed by atoms with Gasteiger partial charge in [-0.3, -0.25) is 14.5 Å². The number of carbonyl (C=O) groups is 2. The van der Waals surface area contributed by atoms with Gasteiger partial charge in [0.1, 0.15) is 17.3 Å². The third-order valence-corrected chi connectivity index (χ3v) is 8.05. The number of aliphatic carboxylic acids is 1. The average molecular weight is 657 g/mol. The molecule has 7 nitrogen and oxygen atoms in total. The number of nitrogens with zero attached hydrogens (tertiary/aromatic N) is 1. The van der Waals surface area contributed by atoms with Crippen molar-refractivity contribution in [3.8, 4) is 22.6 Å². The van der Waals surface area contributed by atoms with Crippen LogP contribution >= 0.6 is 0 Å². The molecule has 0 saturated carbocycles. The van der Waals surface area contributed by atoms with Gasteiger partial charge in [0.05, 0.1) is 31.3 Å². The maximum atomic E-state index is 13.1. The number of ether oxygens (including phenoxy) is 2. The van der Waals surface area contributed by atoms with Gasteiger partial charge in [0.15, 0.2) is 0 Å². The number of hydrogen-bond acceptors (Lipinski definition) is 5. The Hall–Kier alpha value is -4.64. The molecular weight excluding hydrogens is 616 g/mol. The fourth-order valence-electron chi connectivity index (χ4n) is 5.74. The molecule has 3 aromatic carbocycles. The summed E-state index contributed by atoms with van der Waals surface area (Å²) >= 11 is 0. The molecule has 4 rings (SSSR count). The first-order valence-corrected chi connectivity index (χ1v) is 15.0. The number of carbonyl (C=O) groups excluding carboxylic acids is 1. The summed E-state index contributed by atoms with van der Waals surface area (Å²) in [6, 6.07) is 15.5. The number of methoxy groups -OCH3 is 2. The van der Waals surface area contributed by atoms with Gasteiger partial charge in [0.25, 0.3) is 5.91 Å². The van der Waals surface area contributed by atoms with Gasteiger partial charge in [-0.1, -0.05) is 55.6 Å². The molecule has 0 unspecified atom stereocenters. The zero-order valence-electron chi connectivity index (χ0n) is 26.8. The average Bonchev–Trinajstić information content (AvgIpc) is 3.02. The Kier molecular flexibility index (Phi) is 12.7. The monoisotopic (exact) mass is 656 g/mol. The van der Waals surface area contributed by atoms with E-state index in [9.17, 15) is 27.2 Å². The van der Waals surface area contributed by atoms with Crippen LogP contribution in [0.2, 0.25) is 0 Å². The topological polar surface area (TPSA) is 102 Å². The van der Waals surface area contributed by atoms with Crippen LogP contribution in [0.1, 0.15) is 37.3 Å². The zero-order chi connectivity index (χ0) is 34.9. The van der Waals surface area contributed by atoms with Crippen LogP contribution in [0.25, 0.3) is 21.9 Å². The minimum Gasteiger partial charge on any atom is -0.496 e. The normalized spacial score (nSPS) is 14.4. The fraction of sp³-hybridized carbons (Fsp3) is 0.333. The van der Waals surface area contributed by atoms with Crippen molar-refractivity contribution in [1.82, 2.24) is 4.90 Å². The summed E-state index contributed by atoms with van der Waals surface area (Å²) in [7, 11) is 3.17. The SMILES string of the molecule is C=C/C(F)=C(\C(=C)C)C(N)=O.COc1ccc(CN2CCC(C(F)(F)F)CC2)c(OC)c1-c1cccc2c(CCC(=O)O)cccc12. The van der Waals surface area contributed by atoms with E-state index in [0.717, 1.165) is 39.1 Å². The van der Waals surface area contributed by atoms with Crippen LogP contribution in [-0.2, 0) is 22.6 Å². The first-order chi connectivity index (χ1) is 22.2. The van der Waals surface area contributed by atoms with Gasteiger partial charge in [-0.25, -0.2) is 4.39 Å². The minimum atomic E-state index is -4.14. The van der Waals surface area contributed by atoms with Crippen LogP contribution in [-0.4, -0.2) is 55.4 Å². The Morgan fingerprint density at radius 2 is 1.66 bits per heavy atom. The van der Waals surface area contributed by atoms with E-state index < -0.39 is 29.8 Å². The summed E-state index contributed by atoms with van der Waals surface area (Å²) in [4.78, 5) is 23.7. The van der Waals surface area contributed by atoms with Crippen molar-refractivity contribution in [3.63, 3.8) is 0 Å². The third-order valence-electron chi connectivity index (χ3n) is 8.05. The minimum absolute atomic E-state index is 0.0382. The number of rotatable bonds is 11. The lowest BCUT2D eigenvalue weighted by Crippen LogP contribution is -2.38. The van der Waals surface area contributed by atoms with Gasteiger partial charge in [-0.2, -0.15) is 13.2 Å². The number of carboxylic acids is 1. The fourth-order valence-corrected chi connectivity index (χ4v) is 5.74. The molecular formula is C36H40F4N2O5. The second-order valence-corrected chi connectivity index (χ2v) is 11.2. The molecule has 1 amide bonds. The number of halogens is 4. The van der Waals surface area contributed by atoms with E-state index in [1.165, 1.54) is 6.92 Å². The van der Waals surface area contributed by atoms with Gasteiger partial charge in [0, 0.05) is 18.5 Å². The van der Waals surface area contributed by atoms with Crippen molar-refractivity contribution in [2.75, 3.05) is 27.3 Å². The van der Waals surface area contributed by atoms with Crippen LogP contribution in [0.15, 0.2) is 84.7 Å². The second-order valence-electron chi connectivity index (χ2n) is 11.2. The number of primary amides is 1. The number of likely N-dealkylation sites (tertiary alicyclic amines) is 1. The molecule has 0 radical (unpaired) electrons. The highest BCUT2D eigenvalue weighted by Gasteiger charge is 2.41. The second kappa shape index (κ2) is 16.3. The Morgan fingerprint density at radius 3 is 2.17 bits per heavy atom. The molecule has 3 aromatic rings. The van der Waals surface area contributed by atoms with E-state index in [1.54, 1.807) is 14.2 Å². The van der Waals surface area contributed by atoms with E-state index in [2.05, 4.69) is 13.2 Å². The molecule has 11 heteroatoms. The molecule has 1 aliphatic heterocycles. The Bertz CT molecular complexity index is 1640. The van der Waals surface area contributed by atoms with E-state index >= 15 is 0 Å². The first-order valence-electron chi connectivity index (χ1n) is 15.0. The number of benzene rings is 3. The third kappa shape index (κ3) is 9.22. The number of aryl methyl sites for hydroxylation is 1. The molecule has 47 heavy (non-hydrogen) atoms. The number of carboxylic acid groups (broad SMARTS) is 1. The van der Waals surface area contributed by atoms with Crippen LogP contribution in [0.5, 0.6) is 11.5 Å². The molecule has 0 atom stereocenters. The van der Waals surface area contributed by atoms with Crippen molar-refractivity contribution in [2.45, 2.75) is 45.3 Å². The molecule has 1 fully saturated rings. The summed E-state index contributed by atoms with van der Waals surface area (Å²) < 4.78 is 63.6. The molecule has 1 saturated heterocycles. The number of alkyl halides is 3. The molecule has 3 N–H and O–H groups in total. The predicted molar refractivity (Wildman–Crippen MR) is 175 cm³/mol. The maximum Gasteiger partial charge on any atom is 0.391 e. The molecule has 0 aliphatic carbocycles. The molecule has 1 aliphatic rings. The number of nitrogens with two attached hydrogens (primary N) is 1. The van der Waals surface area contributed by atoms with E-state index in [4.69, 9.17) is 20.3 Å². The standard InChI is InChI=1S/C28H30F3NO4.C8H10FNO/c1-35-24-11-9-19(17-32-15-13-20(14-16-32)28(29,30)31)27(36-2)26(24)23-8-4-6-21-18(10-12-25(33)34)5-3-7-22(21)23;1-4-6(9)7(5(2)3)8(10)11/h3-9,11,20H,10,12-17H2,1-2H3,(H,33,34);4H,1-2H2,3H3,(H2,10,11)/b;7-6-. The van der Waals surface area contributed by atoms with Crippen molar-refractivity contribution < 1.29 is 41.7 Å². The number of amides is 1. The quantitative estimate of drug-likeness (QED) is 0.124. The molecule has 0 bridgehead atoms. The molecule has 1 heterocycles. The van der Waals surface area contributed by atoms with Gasteiger partial charge < -0.3 is 20.3 Å². The van der Waals surface area contributed by atoms with Gasteiger partial charge in [0.2, 0.25) is 0 Å². The summed E-state index contributed by atoms with van der Waals surface area (Å²) in [5, 5.41) is 11.0. The van der Waals surface area contributed by atoms with Crippen molar-refractivity contribution in [1.29, 1.82) is 0 Å². The number of hydrogen-bond donors (Lipinski definition) is 2. The Morgan fingerprint density at radius 1 is 1.02 bits per heavy atom. The van der Waals surface area contributed by atoms with Gasteiger partial charge in [-0.05, 0) is 78.9 Å². The van der Waals surface area contributed by atoms with E-state index in [-0.39, 0.29) is 24.8 Å². The number of piperidine rings is 1. The van der Waals surface area contributed by atoms with Gasteiger partial charge >= 0.3 is 12.1 Å². The Balaban J connectivity index is 0.000000468. The summed E-state index contributed by atoms with van der Waals surface area (Å²) in [6.07, 6.45) is -2.58. The molecule has 0 spiro atoms. The first kappa shape index (κ1) is 36.8. The van der Waals surface area contributed by atoms with Crippen LogP contribution in [0.3, 0.4) is 0 Å². The van der Waals surface area contributed by atoms with Crippen molar-refractivity contribution >= 4 is 22.6 Å². The van der Waals surface area contributed by atoms with E-state index in [1.807, 2.05) is 53.4 Å². The predicted octanol–water partition coefficient (Wildman–Crippen LogP) is 7.77. The highest BCUT2D eigenvalue weighted by atomic mass is 19.4. The van der Waals surface area contributed by atoms with Crippen molar-refractivity contribution in [2.24, 2.45) is 11.7 Å². The molecule has 252 valence electrons. The zero-order valence-corrected chi connectivity index (χ0v) is 26.8. The number of allylic oxidation sites excluding steroid dienone is 2. The highest BCUT2D eigenvalue weighted by molar-refractivity contribution is 6.01. The lowest BCUT2D eigenvalue weighted by Gasteiger charge is -2.33. The number of fused-ring (bicyclic) bond motifs is 1. The largest absolute Gasteiger partial charge is 0.496 e. The van der Waals surface area contributed by atoms with Crippen molar-refractivity contribution in [3.05, 3.63) is 95.9 Å². The van der Waals surface area contributed by atoms with E-state index in [0.29, 0.717) is 43.1 Å². The van der Waals surface area contributed by atoms with Gasteiger partial charge in [-0.15, -0.1) is 0 Å². The Labute approximate surface area is 272 Å². The lowest BCUT2D eigenvalue weighted by atomic mass is 9.91. The summed E-state index contributed by atoms with van der Waals surface area (Å²) in [5.74, 6) is -2.41. The van der Waals surface area contributed by atoms with Crippen LogP contribution in [0.4, 0.5) is 17.6 Å². The van der Waals surface area contributed by atoms with Crippen LogP contribution in [0, 0.1) is 5.92 Å². The molecule has 0 aromatic heterocycles. The van der Waals surface area contributed by atoms with Crippen LogP contribution < -0.4 is 15.2 Å². The summed E-state index contributed by atoms with van der Waals surface area (Å²) in [5.41, 5.74) is 8.44. The lowest BCUT2D eigenvalue weighted by molar-refractivity contribution is -0.185. The smallest absolute Gasteiger partial charge is 0.391 e.